The van der Waals surface area contributed by atoms with Gasteiger partial charge in [0.2, 0.25) is 10.0 Å². The lowest BCUT2D eigenvalue weighted by Gasteiger charge is -2.33. The van der Waals surface area contributed by atoms with Gasteiger partial charge in [0.1, 0.15) is 0 Å². The van der Waals surface area contributed by atoms with Gasteiger partial charge in [-0.1, -0.05) is 18.6 Å². The summed E-state index contributed by atoms with van der Waals surface area (Å²) in [6.45, 7) is 2.27. The van der Waals surface area contributed by atoms with Crippen LogP contribution in [0.2, 0.25) is 0 Å². The Morgan fingerprint density at radius 1 is 1.39 bits per heavy atom. The molecule has 1 saturated heterocycles. The lowest BCUT2D eigenvalue weighted by atomic mass is 10.1. The standard InChI is InChI=1S/C13H19NO3S/c1-11-5-4-7-13(9-11)18(16,17)14-8-3-2-6-12(14)10-15/h4-5,7,9,12,15H,2-3,6,8,10H2,1H3. The van der Waals surface area contributed by atoms with E-state index in [1.807, 2.05) is 13.0 Å². The van der Waals surface area contributed by atoms with Gasteiger partial charge in [-0.15, -0.1) is 0 Å². The summed E-state index contributed by atoms with van der Waals surface area (Å²) < 4.78 is 26.5. The molecule has 100 valence electrons. The van der Waals surface area contributed by atoms with Gasteiger partial charge in [0.25, 0.3) is 0 Å². The molecule has 0 saturated carbocycles. The lowest BCUT2D eigenvalue weighted by molar-refractivity contribution is 0.155. The fraction of sp³-hybridized carbons (Fsp3) is 0.538. The highest BCUT2D eigenvalue weighted by molar-refractivity contribution is 7.89. The second-order valence-corrected chi connectivity index (χ2v) is 6.65. The van der Waals surface area contributed by atoms with E-state index >= 15 is 0 Å². The van der Waals surface area contributed by atoms with Crippen LogP contribution in [0.1, 0.15) is 24.8 Å². The summed E-state index contributed by atoms with van der Waals surface area (Å²) in [6.07, 6.45) is 2.58. The molecular formula is C13H19NO3S. The molecular weight excluding hydrogens is 250 g/mol. The molecule has 1 unspecified atom stereocenters. The molecule has 1 aromatic rings. The molecule has 0 aromatic heterocycles. The number of nitrogens with zero attached hydrogens (tertiary/aromatic N) is 1. The van der Waals surface area contributed by atoms with E-state index in [0.717, 1.165) is 24.8 Å². The monoisotopic (exact) mass is 269 g/mol. The Balaban J connectivity index is 2.35. The smallest absolute Gasteiger partial charge is 0.243 e. The third kappa shape index (κ3) is 2.58. The summed E-state index contributed by atoms with van der Waals surface area (Å²) in [5.41, 5.74) is 0.925. The topological polar surface area (TPSA) is 57.6 Å². The summed E-state index contributed by atoms with van der Waals surface area (Å²) >= 11 is 0. The highest BCUT2D eigenvalue weighted by atomic mass is 32.2. The molecule has 0 bridgehead atoms. The largest absolute Gasteiger partial charge is 0.395 e. The van der Waals surface area contributed by atoms with E-state index in [1.165, 1.54) is 4.31 Å². The van der Waals surface area contributed by atoms with Crippen LogP contribution in [-0.2, 0) is 10.0 Å². The van der Waals surface area contributed by atoms with E-state index in [9.17, 15) is 13.5 Å². The first-order valence-electron chi connectivity index (χ1n) is 6.25. The molecule has 1 fully saturated rings. The Kier molecular flexibility index (Phi) is 4.04. The fourth-order valence-electron chi connectivity index (χ4n) is 2.38. The molecule has 0 radical (unpaired) electrons. The molecule has 0 spiro atoms. The molecule has 18 heavy (non-hydrogen) atoms. The maximum atomic E-state index is 12.5. The predicted molar refractivity (Wildman–Crippen MR) is 69.8 cm³/mol. The Labute approximate surface area is 108 Å². The molecule has 1 aliphatic heterocycles. The van der Waals surface area contributed by atoms with Gasteiger partial charge in [0.05, 0.1) is 11.5 Å². The average molecular weight is 269 g/mol. The zero-order valence-electron chi connectivity index (χ0n) is 10.5. The van der Waals surface area contributed by atoms with E-state index < -0.39 is 10.0 Å². The zero-order chi connectivity index (χ0) is 13.2. The Bertz CT molecular complexity index is 513. The van der Waals surface area contributed by atoms with Crippen LogP contribution in [0, 0.1) is 6.92 Å². The summed E-state index contributed by atoms with van der Waals surface area (Å²) in [5.74, 6) is 0. The number of sulfonamides is 1. The summed E-state index contributed by atoms with van der Waals surface area (Å²) in [6, 6.07) is 6.65. The molecule has 1 N–H and O–H groups in total. The number of aliphatic hydroxyl groups excluding tert-OH is 1. The number of aliphatic hydroxyl groups is 1. The summed E-state index contributed by atoms with van der Waals surface area (Å²) in [4.78, 5) is 0.322. The molecule has 1 aromatic carbocycles. The fourth-order valence-corrected chi connectivity index (χ4v) is 4.17. The van der Waals surface area contributed by atoms with Crippen molar-refractivity contribution >= 4 is 10.0 Å². The quantitative estimate of drug-likeness (QED) is 0.905. The van der Waals surface area contributed by atoms with Crippen molar-refractivity contribution in [2.45, 2.75) is 37.1 Å². The molecule has 2 rings (SSSR count). The third-order valence-electron chi connectivity index (χ3n) is 3.38. The first kappa shape index (κ1) is 13.5. The van der Waals surface area contributed by atoms with Crippen molar-refractivity contribution in [3.63, 3.8) is 0 Å². The van der Waals surface area contributed by atoms with E-state index in [1.54, 1.807) is 18.2 Å². The number of benzene rings is 1. The second-order valence-electron chi connectivity index (χ2n) is 4.76. The van der Waals surface area contributed by atoms with Gasteiger partial charge < -0.3 is 5.11 Å². The van der Waals surface area contributed by atoms with Crippen molar-refractivity contribution in [1.29, 1.82) is 0 Å². The minimum absolute atomic E-state index is 0.106. The minimum atomic E-state index is -3.47. The molecule has 0 aliphatic carbocycles. The van der Waals surface area contributed by atoms with Gasteiger partial charge in [0.15, 0.2) is 0 Å². The van der Waals surface area contributed by atoms with Crippen molar-refractivity contribution in [1.82, 2.24) is 4.31 Å². The molecule has 5 heteroatoms. The van der Waals surface area contributed by atoms with Crippen LogP contribution in [0.4, 0.5) is 0 Å². The van der Waals surface area contributed by atoms with Gasteiger partial charge in [-0.3, -0.25) is 0 Å². The van der Waals surface area contributed by atoms with Crippen LogP contribution < -0.4 is 0 Å². The van der Waals surface area contributed by atoms with Crippen molar-refractivity contribution in [2.75, 3.05) is 13.2 Å². The number of piperidine rings is 1. The van der Waals surface area contributed by atoms with E-state index in [-0.39, 0.29) is 12.6 Å². The van der Waals surface area contributed by atoms with Crippen LogP contribution in [0.25, 0.3) is 0 Å². The Hall–Kier alpha value is -0.910. The maximum Gasteiger partial charge on any atom is 0.243 e. The average Bonchev–Trinajstić information content (AvgIpc) is 2.38. The van der Waals surface area contributed by atoms with Crippen molar-refractivity contribution in [3.8, 4) is 0 Å². The summed E-state index contributed by atoms with van der Waals surface area (Å²) in [7, 11) is -3.47. The van der Waals surface area contributed by atoms with Crippen LogP contribution >= 0.6 is 0 Å². The van der Waals surface area contributed by atoms with Crippen LogP contribution in [0.5, 0.6) is 0 Å². The predicted octanol–water partition coefficient (Wildman–Crippen LogP) is 1.53. The van der Waals surface area contributed by atoms with Gasteiger partial charge in [-0.25, -0.2) is 8.42 Å². The Morgan fingerprint density at radius 3 is 2.83 bits per heavy atom. The molecule has 0 amide bonds. The highest BCUT2D eigenvalue weighted by Gasteiger charge is 2.32. The van der Waals surface area contributed by atoms with Gasteiger partial charge in [-0.2, -0.15) is 4.31 Å². The first-order valence-corrected chi connectivity index (χ1v) is 7.69. The van der Waals surface area contributed by atoms with Gasteiger partial charge in [0, 0.05) is 12.6 Å². The summed E-state index contributed by atoms with van der Waals surface area (Å²) in [5, 5.41) is 9.32. The normalized spacial score (nSPS) is 22.0. The van der Waals surface area contributed by atoms with Crippen molar-refractivity contribution in [2.24, 2.45) is 0 Å². The van der Waals surface area contributed by atoms with Crippen LogP contribution in [0.3, 0.4) is 0 Å². The molecule has 1 heterocycles. The molecule has 4 nitrogen and oxygen atoms in total. The number of hydrogen-bond acceptors (Lipinski definition) is 3. The number of aryl methyl sites for hydroxylation is 1. The highest BCUT2D eigenvalue weighted by Crippen LogP contribution is 2.25. The van der Waals surface area contributed by atoms with Crippen LogP contribution in [-0.4, -0.2) is 37.0 Å². The molecule has 1 atom stereocenters. The van der Waals surface area contributed by atoms with E-state index in [2.05, 4.69) is 0 Å². The van der Waals surface area contributed by atoms with Crippen molar-refractivity contribution < 1.29 is 13.5 Å². The second kappa shape index (κ2) is 5.38. The Morgan fingerprint density at radius 2 is 2.17 bits per heavy atom. The van der Waals surface area contributed by atoms with E-state index in [4.69, 9.17) is 0 Å². The zero-order valence-corrected chi connectivity index (χ0v) is 11.4. The minimum Gasteiger partial charge on any atom is -0.395 e. The van der Waals surface area contributed by atoms with Gasteiger partial charge >= 0.3 is 0 Å². The maximum absolute atomic E-state index is 12.5. The van der Waals surface area contributed by atoms with E-state index in [0.29, 0.717) is 11.4 Å². The molecule has 1 aliphatic rings. The van der Waals surface area contributed by atoms with Crippen LogP contribution in [0.15, 0.2) is 29.2 Å². The lowest BCUT2D eigenvalue weighted by Crippen LogP contribution is -2.45. The van der Waals surface area contributed by atoms with Gasteiger partial charge in [-0.05, 0) is 37.5 Å². The first-order chi connectivity index (χ1) is 8.55. The number of hydrogen-bond donors (Lipinski definition) is 1. The number of rotatable bonds is 3. The SMILES string of the molecule is Cc1cccc(S(=O)(=O)N2CCCCC2CO)c1. The third-order valence-corrected chi connectivity index (χ3v) is 5.33. The van der Waals surface area contributed by atoms with Crippen molar-refractivity contribution in [3.05, 3.63) is 29.8 Å².